The third-order valence-electron chi connectivity index (χ3n) is 19.5. The van der Waals surface area contributed by atoms with Gasteiger partial charge in [0.1, 0.15) is 128 Å². The molecule has 21 rings (SSSR count). The Morgan fingerprint density at radius 1 is 0.339 bits per heavy atom. The van der Waals surface area contributed by atoms with Crippen molar-refractivity contribution >= 4 is 29.7 Å². The Morgan fingerprint density at radius 3 is 0.739 bits per heavy atom. The molecule has 14 bridgehead atoms. The number of nitrogens with one attached hydrogen (secondary N) is 2. The standard InChI is InChI=1S/C58H99O29S.2C3H8N2.2C3H9N.2CH5N.4CH4.Y/c1-8-24-44-31(60)37(66)53(74-24)82-46-26(10-3)76-55(39(68)33(46)62)84-48-28(12-5)78-57(41(70)35(48)64)86-50-30(14-7)80-58(51(43(50)72)73-21-19-23-88-22-18-16-15-17-20-59)87-49-29(13-6)79-56(42(71)36(49)65)85-47-27(11-4)77-54(40(69)34(47)63)83-45-25(9-2)75-52(81-44)38(67)32(45)61;2*1-2-3(4)5;2*1-2-3-4;2*1-2;;;;;/h24-58,60-72H,8-19,21-23H2,1-7H3;2*2H2,1H3,(H3,4,5);2*2-4H2,1H3;2*2H2,1H3;4*1H4;/q-1;;;;;;;;;;;. The van der Waals surface area contributed by atoms with E-state index < -0.39 is 215 Å². The van der Waals surface area contributed by atoms with Crippen molar-refractivity contribution in [2.45, 2.75) is 424 Å². The second-order valence-corrected chi connectivity index (χ2v) is 28.6. The second-order valence-electron chi connectivity index (χ2n) is 27.3. The van der Waals surface area contributed by atoms with Gasteiger partial charge in [-0.1, -0.05) is 119 Å². The molecule has 21 aliphatic heterocycles. The normalized spacial score (nSPS) is 39.4. The van der Waals surface area contributed by atoms with E-state index >= 15 is 0 Å². The first kappa shape index (κ1) is 120. The largest absolute Gasteiger partial charge is 0.542 e. The predicted molar refractivity (Wildman–Crippen MR) is 431 cm³/mol. The minimum absolute atomic E-state index is 0. The maximum atomic E-state index is 12.4. The van der Waals surface area contributed by atoms with Crippen LogP contribution < -0.4 is 34.4 Å². The predicted octanol–water partition coefficient (Wildman–Crippen LogP) is 0.578. The number of carbonyl (C=O) groups excluding carboxylic acids is 1. The van der Waals surface area contributed by atoms with Crippen molar-refractivity contribution in [2.24, 2.45) is 34.4 Å². The van der Waals surface area contributed by atoms with Gasteiger partial charge in [0, 0.05) is 52.2 Å². The molecule has 21 saturated heterocycles. The summed E-state index contributed by atoms with van der Waals surface area (Å²) in [5, 5.41) is 166. The topological polar surface area (TPSA) is 622 Å². The van der Waals surface area contributed by atoms with Crippen LogP contribution in [0.15, 0.2) is 0 Å². The van der Waals surface area contributed by atoms with Crippen molar-refractivity contribution < 1.29 is 175 Å². The van der Waals surface area contributed by atoms with Gasteiger partial charge in [0.25, 0.3) is 0 Å². The van der Waals surface area contributed by atoms with Crippen molar-refractivity contribution in [3.05, 3.63) is 0 Å². The number of aliphatic hydroxyl groups excluding tert-OH is 13. The van der Waals surface area contributed by atoms with E-state index in [4.69, 9.17) is 105 Å². The number of amidine groups is 2. The molecule has 39 heteroatoms. The molecular formula is C76H159N8O29SY-. The summed E-state index contributed by atoms with van der Waals surface area (Å²) in [6.45, 7) is 21.4. The molecular weight excluding hydrogens is 1610 g/mol. The zero-order valence-corrected chi connectivity index (χ0v) is 71.0. The molecule has 37 nitrogen and oxygen atoms in total. The van der Waals surface area contributed by atoms with Crippen molar-refractivity contribution in [3.63, 3.8) is 0 Å². The number of hydrogen-bond acceptors (Lipinski definition) is 36. The molecule has 21 heterocycles. The zero-order chi connectivity index (χ0) is 83.2. The molecule has 21 aliphatic rings. The first-order chi connectivity index (χ1) is 52.6. The fraction of sp³-hybridized carbons (Fsp3) is 0.961. The Hall–Kier alpha value is -1.22. The molecule has 0 amide bonds. The Bertz CT molecular complexity index is 2390. The van der Waals surface area contributed by atoms with E-state index in [9.17, 15) is 71.2 Å². The van der Waals surface area contributed by atoms with Gasteiger partial charge in [0.2, 0.25) is 0 Å². The fourth-order valence-electron chi connectivity index (χ4n) is 12.9. The monoisotopic (exact) mass is 1770 g/mol. The summed E-state index contributed by atoms with van der Waals surface area (Å²) < 4.78 is 93.9. The Labute approximate surface area is 714 Å². The molecule has 0 saturated carbocycles. The Kier molecular flexibility index (Phi) is 67.4. The summed E-state index contributed by atoms with van der Waals surface area (Å²) in [5.74, 6) is 2.01. The van der Waals surface area contributed by atoms with Gasteiger partial charge in [0.15, 0.2) is 44.0 Å². The van der Waals surface area contributed by atoms with Gasteiger partial charge in [0.05, 0.1) is 54.4 Å². The Balaban J connectivity index is -0.00000203. The molecule has 0 aliphatic carbocycles. The van der Waals surface area contributed by atoms with E-state index in [2.05, 4.69) is 25.3 Å². The molecule has 0 aromatic heterocycles. The van der Waals surface area contributed by atoms with Gasteiger partial charge in [-0.2, -0.15) is 18.2 Å². The molecule has 115 heavy (non-hydrogen) atoms. The van der Waals surface area contributed by atoms with Gasteiger partial charge in [-0.15, -0.1) is 0 Å². The third kappa shape index (κ3) is 35.0. The number of aliphatic hydroxyl groups is 13. The van der Waals surface area contributed by atoms with E-state index in [0.29, 0.717) is 31.4 Å². The minimum Gasteiger partial charge on any atom is -0.542 e. The van der Waals surface area contributed by atoms with Crippen LogP contribution in [0.25, 0.3) is 0 Å². The average molecular weight is 1770 g/mol. The van der Waals surface area contributed by atoms with Gasteiger partial charge < -0.3 is 177 Å². The molecule has 0 aromatic rings. The van der Waals surface area contributed by atoms with E-state index in [1.165, 1.54) is 14.1 Å². The van der Waals surface area contributed by atoms with Gasteiger partial charge in [-0.25, -0.2) is 0 Å². The summed E-state index contributed by atoms with van der Waals surface area (Å²) in [4.78, 5) is 10.6. The fourth-order valence-corrected chi connectivity index (χ4v) is 13.8. The average Bonchev–Trinajstić information content (AvgIpc) is 0.820. The van der Waals surface area contributed by atoms with Crippen molar-refractivity contribution in [1.29, 1.82) is 10.8 Å². The summed E-state index contributed by atoms with van der Waals surface area (Å²) in [6.07, 6.45) is -44.2. The van der Waals surface area contributed by atoms with E-state index in [1.807, 2.05) is 20.1 Å². The first-order valence-electron chi connectivity index (χ1n) is 39.3. The van der Waals surface area contributed by atoms with E-state index in [-0.39, 0.29) is 126 Å². The third-order valence-corrected chi connectivity index (χ3v) is 20.6. The van der Waals surface area contributed by atoms with Crippen LogP contribution >= 0.6 is 11.8 Å². The molecule has 35 unspecified atom stereocenters. The van der Waals surface area contributed by atoms with Crippen LogP contribution in [0.1, 0.15) is 209 Å². The number of ether oxygens (including phenoxy) is 15. The zero-order valence-electron chi connectivity index (χ0n) is 67.4. The van der Waals surface area contributed by atoms with Crippen molar-refractivity contribution in [3.8, 4) is 0 Å². The van der Waals surface area contributed by atoms with Gasteiger partial charge in [-0.3, -0.25) is 17.1 Å². The number of nitrogens with two attached hydrogens (primary N) is 6. The van der Waals surface area contributed by atoms with Crippen molar-refractivity contribution in [1.82, 2.24) is 0 Å². The van der Waals surface area contributed by atoms with Crippen LogP contribution in [-0.4, -0.2) is 345 Å². The van der Waals surface area contributed by atoms with E-state index in [1.54, 1.807) is 60.2 Å². The van der Waals surface area contributed by atoms with Crippen LogP contribution in [0.3, 0.4) is 0 Å². The molecule has 687 valence electrons. The van der Waals surface area contributed by atoms with Crippen molar-refractivity contribution in [2.75, 3.05) is 45.3 Å². The second kappa shape index (κ2) is 64.5. The minimum atomic E-state index is -1.90. The summed E-state index contributed by atoms with van der Waals surface area (Å²) in [5.41, 5.74) is 28.8. The van der Waals surface area contributed by atoms with Crippen LogP contribution in [-0.2, 0) is 109 Å². The molecule has 1 radical (unpaired) electrons. The summed E-state index contributed by atoms with van der Waals surface area (Å²) >= 11 is 1.68. The molecule has 0 spiro atoms. The number of unbranched alkanes of at least 4 members (excludes halogenated alkanes) is 3. The van der Waals surface area contributed by atoms with Gasteiger partial charge in [-0.05, 0) is 109 Å². The summed E-state index contributed by atoms with van der Waals surface area (Å²) in [7, 11) is 3.00. The number of hydrogen-bond donors (Lipinski definition) is 21. The Morgan fingerprint density at radius 2 is 0.539 bits per heavy atom. The molecule has 21 fully saturated rings. The van der Waals surface area contributed by atoms with E-state index in [0.717, 1.165) is 50.9 Å². The number of rotatable bonds is 22. The maximum Gasteiger partial charge on any atom is 0.187 e. The SMILES string of the molecule is C.C.C.C.CCC(=N)N.CCC(=N)N.CCC1OC2OC3C(CC)OC(OC4C(CC)OC(OC5C(CC)OC(OC6C(CC)OC(OC7C(CC)OC(OC8C(CC)OC(OC1C(O)C2O)C(O)C8O)C(O)C7O)C(O)C6O)C(OCCCSCCCCC[C-]=O)C5O)C(O)C4O)C(O)C3O.CCCN.CCCN.CN.CN.[Y]. The maximum absolute atomic E-state index is 12.4. The van der Waals surface area contributed by atoms with Crippen LogP contribution in [0.4, 0.5) is 0 Å². The number of thioether (sulfide) groups is 1. The quantitative estimate of drug-likeness (QED) is 0.0305. The smallest absolute Gasteiger partial charge is 0.187 e. The van der Waals surface area contributed by atoms with Crippen LogP contribution in [0.5, 0.6) is 0 Å². The van der Waals surface area contributed by atoms with Gasteiger partial charge >= 0.3 is 0 Å². The van der Waals surface area contributed by atoms with Crippen LogP contribution in [0.2, 0.25) is 0 Å². The molecule has 27 N–H and O–H groups in total. The molecule has 0 aromatic carbocycles. The van der Waals surface area contributed by atoms with Crippen LogP contribution in [0, 0.1) is 10.8 Å². The summed E-state index contributed by atoms with van der Waals surface area (Å²) in [6, 6.07) is 0. The molecule has 35 atom stereocenters. The first-order valence-corrected chi connectivity index (χ1v) is 40.5.